The van der Waals surface area contributed by atoms with Crippen LogP contribution in [0.5, 0.6) is 0 Å². The highest BCUT2D eigenvalue weighted by atomic mass is 16.1. The summed E-state index contributed by atoms with van der Waals surface area (Å²) >= 11 is 0. The monoisotopic (exact) mass is 296 g/mol. The Morgan fingerprint density at radius 2 is 1.52 bits per heavy atom. The predicted octanol–water partition coefficient (Wildman–Crippen LogP) is 4.17. The van der Waals surface area contributed by atoms with E-state index in [4.69, 9.17) is 0 Å². The number of nitrogens with one attached hydrogen (secondary N) is 2. The van der Waals surface area contributed by atoms with E-state index in [-0.39, 0.29) is 5.91 Å². The van der Waals surface area contributed by atoms with Crippen molar-refractivity contribution in [2.24, 2.45) is 0 Å². The van der Waals surface area contributed by atoms with Crippen molar-refractivity contribution in [3.05, 3.63) is 0 Å². The van der Waals surface area contributed by atoms with Crippen LogP contribution in [0.2, 0.25) is 0 Å². The molecule has 0 aliphatic heterocycles. The van der Waals surface area contributed by atoms with E-state index in [1.807, 2.05) is 0 Å². The molecule has 2 N–H and O–H groups in total. The highest BCUT2D eigenvalue weighted by molar-refractivity contribution is 5.78. The first-order valence-electron chi connectivity index (χ1n) is 9.33. The van der Waals surface area contributed by atoms with Crippen molar-refractivity contribution < 1.29 is 4.79 Å². The fourth-order valence-corrected chi connectivity index (χ4v) is 3.11. The van der Waals surface area contributed by atoms with Gasteiger partial charge in [0.1, 0.15) is 0 Å². The molecule has 0 aromatic rings. The van der Waals surface area contributed by atoms with Gasteiger partial charge in [0.05, 0.1) is 6.54 Å². The summed E-state index contributed by atoms with van der Waals surface area (Å²) in [5.74, 6) is 0.182. The maximum absolute atomic E-state index is 11.8. The van der Waals surface area contributed by atoms with Crippen LogP contribution in [-0.4, -0.2) is 25.0 Å². The van der Waals surface area contributed by atoms with Crippen molar-refractivity contribution in [3.8, 4) is 0 Å². The van der Waals surface area contributed by atoms with E-state index >= 15 is 0 Å². The molecule has 1 saturated carbocycles. The molecule has 1 aliphatic rings. The summed E-state index contributed by atoms with van der Waals surface area (Å²) in [6.45, 7) is 3.73. The van der Waals surface area contributed by atoms with E-state index in [1.54, 1.807) is 0 Å². The summed E-state index contributed by atoms with van der Waals surface area (Å²) in [6.07, 6.45) is 16.9. The van der Waals surface area contributed by atoms with E-state index < -0.39 is 0 Å². The molecule has 0 aromatic heterocycles. The van der Waals surface area contributed by atoms with Crippen molar-refractivity contribution in [2.45, 2.75) is 96.4 Å². The van der Waals surface area contributed by atoms with Crippen LogP contribution in [0.4, 0.5) is 0 Å². The molecule has 21 heavy (non-hydrogen) atoms. The Hall–Kier alpha value is -0.570. The topological polar surface area (TPSA) is 41.1 Å². The molecule has 0 aromatic carbocycles. The maximum Gasteiger partial charge on any atom is 0.234 e. The van der Waals surface area contributed by atoms with Crippen LogP contribution in [0.25, 0.3) is 0 Å². The average molecular weight is 296 g/mol. The Morgan fingerprint density at radius 3 is 2.19 bits per heavy atom. The normalized spacial score (nSPS) is 16.0. The Bertz CT molecular complexity index is 250. The Labute approximate surface area is 131 Å². The van der Waals surface area contributed by atoms with Crippen molar-refractivity contribution in [1.82, 2.24) is 10.6 Å². The first-order valence-corrected chi connectivity index (χ1v) is 9.33. The van der Waals surface area contributed by atoms with Crippen LogP contribution in [0.3, 0.4) is 0 Å². The molecule has 0 bridgehead atoms. The van der Waals surface area contributed by atoms with Gasteiger partial charge in [-0.3, -0.25) is 4.79 Å². The lowest BCUT2D eigenvalue weighted by Crippen LogP contribution is -2.41. The zero-order valence-corrected chi connectivity index (χ0v) is 14.1. The molecule has 0 radical (unpaired) electrons. The molecular weight excluding hydrogens is 260 g/mol. The third-order valence-electron chi connectivity index (χ3n) is 4.46. The molecular formula is C18H36N2O. The minimum atomic E-state index is 0.182. The van der Waals surface area contributed by atoms with Crippen LogP contribution >= 0.6 is 0 Å². The molecule has 1 amide bonds. The van der Waals surface area contributed by atoms with Gasteiger partial charge in [-0.1, -0.05) is 71.1 Å². The van der Waals surface area contributed by atoms with Gasteiger partial charge < -0.3 is 10.6 Å². The summed E-state index contributed by atoms with van der Waals surface area (Å²) in [7, 11) is 0. The molecule has 1 aliphatic carbocycles. The summed E-state index contributed by atoms with van der Waals surface area (Å²) in [4.78, 5) is 11.8. The van der Waals surface area contributed by atoms with Gasteiger partial charge in [-0.2, -0.15) is 0 Å². The highest BCUT2D eigenvalue weighted by Crippen LogP contribution is 2.17. The van der Waals surface area contributed by atoms with Crippen molar-refractivity contribution >= 4 is 5.91 Å². The first-order chi connectivity index (χ1) is 10.3. The molecule has 1 rings (SSSR count). The second kappa shape index (κ2) is 13.1. The van der Waals surface area contributed by atoms with Crippen LogP contribution in [-0.2, 0) is 4.79 Å². The molecule has 3 heteroatoms. The van der Waals surface area contributed by atoms with Gasteiger partial charge >= 0.3 is 0 Å². The van der Waals surface area contributed by atoms with Gasteiger partial charge in [0.25, 0.3) is 0 Å². The SMILES string of the molecule is CCCCCCCCCCNCC(=O)NC1CCCCC1. The second-order valence-corrected chi connectivity index (χ2v) is 6.55. The lowest BCUT2D eigenvalue weighted by molar-refractivity contribution is -0.121. The maximum atomic E-state index is 11.8. The smallest absolute Gasteiger partial charge is 0.234 e. The molecule has 0 spiro atoms. The summed E-state index contributed by atoms with van der Waals surface area (Å²) < 4.78 is 0. The Kier molecular flexibility index (Phi) is 11.5. The lowest BCUT2D eigenvalue weighted by Gasteiger charge is -2.22. The quantitative estimate of drug-likeness (QED) is 0.531. The van der Waals surface area contributed by atoms with E-state index in [1.165, 1.54) is 83.5 Å². The van der Waals surface area contributed by atoms with Crippen LogP contribution < -0.4 is 10.6 Å². The largest absolute Gasteiger partial charge is 0.352 e. The molecule has 3 nitrogen and oxygen atoms in total. The number of amides is 1. The van der Waals surface area contributed by atoms with Gasteiger partial charge in [0, 0.05) is 6.04 Å². The highest BCUT2D eigenvalue weighted by Gasteiger charge is 2.14. The van der Waals surface area contributed by atoms with E-state index in [0.717, 1.165) is 6.54 Å². The third-order valence-corrected chi connectivity index (χ3v) is 4.46. The molecule has 1 fully saturated rings. The standard InChI is InChI=1S/C18H36N2O/c1-2-3-4-5-6-7-8-12-15-19-16-18(21)20-17-13-10-9-11-14-17/h17,19H,2-16H2,1H3,(H,20,21). The van der Waals surface area contributed by atoms with Gasteiger partial charge in [0.2, 0.25) is 5.91 Å². The van der Waals surface area contributed by atoms with Crippen LogP contribution in [0.15, 0.2) is 0 Å². The summed E-state index contributed by atoms with van der Waals surface area (Å²) in [6, 6.07) is 0.441. The van der Waals surface area contributed by atoms with Crippen molar-refractivity contribution in [1.29, 1.82) is 0 Å². The summed E-state index contributed by atoms with van der Waals surface area (Å²) in [5.41, 5.74) is 0. The lowest BCUT2D eigenvalue weighted by atomic mass is 9.95. The van der Waals surface area contributed by atoms with Gasteiger partial charge in [0.15, 0.2) is 0 Å². The minimum absolute atomic E-state index is 0.182. The zero-order valence-electron chi connectivity index (χ0n) is 14.1. The number of hydrogen-bond donors (Lipinski definition) is 2. The third kappa shape index (κ3) is 10.8. The van der Waals surface area contributed by atoms with Gasteiger partial charge in [-0.15, -0.1) is 0 Å². The Balaban J connectivity index is 1.81. The fourth-order valence-electron chi connectivity index (χ4n) is 3.11. The number of hydrogen-bond acceptors (Lipinski definition) is 2. The zero-order chi connectivity index (χ0) is 15.2. The van der Waals surface area contributed by atoms with E-state index in [9.17, 15) is 4.79 Å². The molecule has 0 atom stereocenters. The summed E-state index contributed by atoms with van der Waals surface area (Å²) in [5, 5.41) is 6.42. The van der Waals surface area contributed by atoms with Crippen molar-refractivity contribution in [3.63, 3.8) is 0 Å². The fraction of sp³-hybridized carbons (Fsp3) is 0.944. The van der Waals surface area contributed by atoms with Gasteiger partial charge in [-0.25, -0.2) is 0 Å². The number of carbonyl (C=O) groups excluding carboxylic acids is 1. The predicted molar refractivity (Wildman–Crippen MR) is 90.5 cm³/mol. The second-order valence-electron chi connectivity index (χ2n) is 6.55. The minimum Gasteiger partial charge on any atom is -0.352 e. The molecule has 0 saturated heterocycles. The Morgan fingerprint density at radius 1 is 0.905 bits per heavy atom. The van der Waals surface area contributed by atoms with Crippen molar-refractivity contribution in [2.75, 3.05) is 13.1 Å². The number of rotatable bonds is 12. The number of carbonyl (C=O) groups is 1. The molecule has 124 valence electrons. The van der Waals surface area contributed by atoms with Gasteiger partial charge in [-0.05, 0) is 25.8 Å². The number of unbranched alkanes of at least 4 members (excludes halogenated alkanes) is 7. The molecule has 0 heterocycles. The molecule has 0 unspecified atom stereocenters. The van der Waals surface area contributed by atoms with E-state index in [2.05, 4.69) is 17.6 Å². The van der Waals surface area contributed by atoms with Crippen LogP contribution in [0.1, 0.15) is 90.4 Å². The first kappa shape index (κ1) is 18.5. The van der Waals surface area contributed by atoms with E-state index in [0.29, 0.717) is 12.6 Å². The van der Waals surface area contributed by atoms with Crippen LogP contribution in [0, 0.1) is 0 Å². The average Bonchev–Trinajstić information content (AvgIpc) is 2.50.